The summed E-state index contributed by atoms with van der Waals surface area (Å²) in [6.45, 7) is 3.99. The van der Waals surface area contributed by atoms with Crippen LogP contribution in [0.15, 0.2) is 22.8 Å². The first-order valence-electron chi connectivity index (χ1n) is 5.50. The minimum absolute atomic E-state index is 0.264. The lowest BCUT2D eigenvalue weighted by molar-refractivity contribution is 0.881. The summed E-state index contributed by atoms with van der Waals surface area (Å²) < 4.78 is 1.01. The molecular weight excluding hydrogens is 308 g/mol. The number of aromatic amines is 1. The van der Waals surface area contributed by atoms with Crippen LogP contribution in [-0.4, -0.2) is 20.6 Å². The first-order valence-corrected chi connectivity index (χ1v) is 6.29. The molecule has 0 saturated carbocycles. The maximum absolute atomic E-state index is 9.08. The van der Waals surface area contributed by atoms with Crippen LogP contribution in [0, 0.1) is 25.2 Å². The molecule has 2 aromatic rings. The summed E-state index contributed by atoms with van der Waals surface area (Å²) in [5.74, 6) is 0.264. The van der Waals surface area contributed by atoms with Gasteiger partial charge in [-0.25, -0.2) is 0 Å². The number of nitrogens with one attached hydrogen (secondary N) is 2. The van der Waals surface area contributed by atoms with E-state index in [1.165, 1.54) is 0 Å². The second-order valence-electron chi connectivity index (χ2n) is 3.91. The van der Waals surface area contributed by atoms with Crippen molar-refractivity contribution in [3.63, 3.8) is 0 Å². The lowest BCUT2D eigenvalue weighted by Crippen LogP contribution is -1.97. The molecule has 0 aliphatic rings. The van der Waals surface area contributed by atoms with E-state index < -0.39 is 0 Å². The first-order chi connectivity index (χ1) is 9.13. The van der Waals surface area contributed by atoms with Gasteiger partial charge in [0.1, 0.15) is 11.6 Å². The number of rotatable bonds is 3. The number of H-pyrrole nitrogens is 1. The standard InChI is InChI=1S/C12H11BrN6/c1-7-3-4-10(13)8(2)11(7)15-6-9(5-14)12-16-18-19-17-12/h3-4,6,15H,1-2H3,(H,16,17,18,19). The molecule has 96 valence electrons. The number of allylic oxidation sites excluding steroid dienone is 1. The van der Waals surface area contributed by atoms with Gasteiger partial charge in [-0.2, -0.15) is 10.5 Å². The zero-order chi connectivity index (χ0) is 13.8. The van der Waals surface area contributed by atoms with E-state index in [4.69, 9.17) is 5.26 Å². The Balaban J connectivity index is 2.32. The highest BCUT2D eigenvalue weighted by molar-refractivity contribution is 9.10. The van der Waals surface area contributed by atoms with Gasteiger partial charge < -0.3 is 5.32 Å². The van der Waals surface area contributed by atoms with Crippen molar-refractivity contribution < 1.29 is 0 Å². The second kappa shape index (κ2) is 5.63. The molecule has 2 N–H and O–H groups in total. The van der Waals surface area contributed by atoms with Crippen molar-refractivity contribution in [3.05, 3.63) is 39.8 Å². The second-order valence-corrected chi connectivity index (χ2v) is 4.77. The van der Waals surface area contributed by atoms with Crippen LogP contribution in [0.3, 0.4) is 0 Å². The van der Waals surface area contributed by atoms with Crippen LogP contribution in [0.4, 0.5) is 5.69 Å². The molecule has 0 aliphatic heterocycles. The number of benzene rings is 1. The van der Waals surface area contributed by atoms with E-state index in [2.05, 4.69) is 41.9 Å². The zero-order valence-electron chi connectivity index (χ0n) is 10.4. The Hall–Kier alpha value is -2.20. The average Bonchev–Trinajstić information content (AvgIpc) is 2.92. The third-order valence-electron chi connectivity index (χ3n) is 2.67. The quantitative estimate of drug-likeness (QED) is 0.849. The smallest absolute Gasteiger partial charge is 0.216 e. The fourth-order valence-electron chi connectivity index (χ4n) is 1.61. The number of aromatic nitrogens is 4. The van der Waals surface area contributed by atoms with E-state index in [1.54, 1.807) is 6.20 Å². The normalized spacial score (nSPS) is 11.2. The molecule has 0 unspecified atom stereocenters. The predicted octanol–water partition coefficient (Wildman–Crippen LogP) is 2.56. The van der Waals surface area contributed by atoms with Crippen molar-refractivity contribution in [2.45, 2.75) is 13.8 Å². The summed E-state index contributed by atoms with van der Waals surface area (Å²) in [6, 6.07) is 6.01. The van der Waals surface area contributed by atoms with Gasteiger partial charge in [-0.1, -0.05) is 22.0 Å². The van der Waals surface area contributed by atoms with Crippen molar-refractivity contribution >= 4 is 27.2 Å². The molecular formula is C12H11BrN6. The Kier molecular flexibility index (Phi) is 3.92. The monoisotopic (exact) mass is 318 g/mol. The Morgan fingerprint density at radius 3 is 2.89 bits per heavy atom. The van der Waals surface area contributed by atoms with Gasteiger partial charge in [0, 0.05) is 16.4 Å². The van der Waals surface area contributed by atoms with Crippen LogP contribution in [-0.2, 0) is 0 Å². The molecule has 1 aromatic heterocycles. The summed E-state index contributed by atoms with van der Waals surface area (Å²) in [4.78, 5) is 0. The van der Waals surface area contributed by atoms with Gasteiger partial charge in [0.25, 0.3) is 0 Å². The molecule has 0 saturated heterocycles. The molecule has 0 spiro atoms. The maximum atomic E-state index is 9.08. The summed E-state index contributed by atoms with van der Waals surface area (Å²) in [5.41, 5.74) is 3.42. The minimum Gasteiger partial charge on any atom is -0.360 e. The Morgan fingerprint density at radius 2 is 2.26 bits per heavy atom. The Bertz CT molecular complexity index is 654. The number of nitrogens with zero attached hydrogens (tertiary/aromatic N) is 4. The first kappa shape index (κ1) is 13.2. The van der Waals surface area contributed by atoms with E-state index in [-0.39, 0.29) is 5.82 Å². The number of halogens is 1. The molecule has 1 aromatic carbocycles. The van der Waals surface area contributed by atoms with Gasteiger partial charge in [-0.15, -0.1) is 10.2 Å². The molecule has 0 aliphatic carbocycles. The molecule has 1 heterocycles. The summed E-state index contributed by atoms with van der Waals surface area (Å²) in [5, 5.41) is 25.5. The summed E-state index contributed by atoms with van der Waals surface area (Å²) in [7, 11) is 0. The molecule has 7 heteroatoms. The van der Waals surface area contributed by atoms with Crippen LogP contribution < -0.4 is 5.32 Å². The van der Waals surface area contributed by atoms with Gasteiger partial charge in [0.15, 0.2) is 0 Å². The van der Waals surface area contributed by atoms with E-state index in [1.807, 2.05) is 32.0 Å². The molecule has 19 heavy (non-hydrogen) atoms. The van der Waals surface area contributed by atoms with Gasteiger partial charge >= 0.3 is 0 Å². The van der Waals surface area contributed by atoms with E-state index in [9.17, 15) is 0 Å². The number of aryl methyl sites for hydroxylation is 1. The molecule has 2 rings (SSSR count). The van der Waals surface area contributed by atoms with E-state index in [0.29, 0.717) is 5.57 Å². The number of tetrazole rings is 1. The van der Waals surface area contributed by atoms with Gasteiger partial charge in [-0.05, 0) is 36.3 Å². The number of nitriles is 1. The van der Waals surface area contributed by atoms with Crippen LogP contribution in [0.5, 0.6) is 0 Å². The number of hydrogen-bond acceptors (Lipinski definition) is 5. The van der Waals surface area contributed by atoms with Gasteiger partial charge in [0.2, 0.25) is 5.82 Å². The Morgan fingerprint density at radius 1 is 1.47 bits per heavy atom. The molecule has 0 fully saturated rings. The average molecular weight is 319 g/mol. The third-order valence-corrected chi connectivity index (χ3v) is 3.53. The van der Waals surface area contributed by atoms with Crippen molar-refractivity contribution in [3.8, 4) is 6.07 Å². The van der Waals surface area contributed by atoms with Crippen LogP contribution in [0.25, 0.3) is 5.57 Å². The minimum atomic E-state index is 0.264. The maximum Gasteiger partial charge on any atom is 0.216 e. The highest BCUT2D eigenvalue weighted by Gasteiger charge is 2.08. The molecule has 0 radical (unpaired) electrons. The Labute approximate surface area is 118 Å². The third kappa shape index (κ3) is 2.80. The molecule has 0 amide bonds. The summed E-state index contributed by atoms with van der Waals surface area (Å²) in [6.07, 6.45) is 1.58. The molecule has 0 bridgehead atoms. The highest BCUT2D eigenvalue weighted by Crippen LogP contribution is 2.27. The van der Waals surface area contributed by atoms with Gasteiger partial charge in [0.05, 0.1) is 0 Å². The topological polar surface area (TPSA) is 90.3 Å². The number of anilines is 1. The lowest BCUT2D eigenvalue weighted by Gasteiger charge is -2.11. The SMILES string of the molecule is Cc1ccc(Br)c(C)c1NC=C(C#N)c1nn[nH]n1. The molecule has 6 nitrogen and oxygen atoms in total. The van der Waals surface area contributed by atoms with Crippen LogP contribution >= 0.6 is 15.9 Å². The van der Waals surface area contributed by atoms with E-state index >= 15 is 0 Å². The lowest BCUT2D eigenvalue weighted by atomic mass is 10.1. The summed E-state index contributed by atoms with van der Waals surface area (Å²) >= 11 is 3.48. The van der Waals surface area contributed by atoms with Crippen molar-refractivity contribution in [1.82, 2.24) is 20.6 Å². The highest BCUT2D eigenvalue weighted by atomic mass is 79.9. The van der Waals surface area contributed by atoms with Gasteiger partial charge in [-0.3, -0.25) is 0 Å². The predicted molar refractivity (Wildman–Crippen MR) is 75.0 cm³/mol. The van der Waals surface area contributed by atoms with Crippen molar-refractivity contribution in [1.29, 1.82) is 5.26 Å². The largest absolute Gasteiger partial charge is 0.360 e. The van der Waals surface area contributed by atoms with Crippen molar-refractivity contribution in [2.75, 3.05) is 5.32 Å². The zero-order valence-corrected chi connectivity index (χ0v) is 12.0. The van der Waals surface area contributed by atoms with Crippen LogP contribution in [0.2, 0.25) is 0 Å². The molecule has 0 atom stereocenters. The van der Waals surface area contributed by atoms with Crippen molar-refractivity contribution in [2.24, 2.45) is 0 Å². The fourth-order valence-corrected chi connectivity index (χ4v) is 1.94. The van der Waals surface area contributed by atoms with E-state index in [0.717, 1.165) is 21.3 Å². The van der Waals surface area contributed by atoms with Crippen LogP contribution in [0.1, 0.15) is 17.0 Å². The fraction of sp³-hybridized carbons (Fsp3) is 0.167. The number of hydrogen-bond donors (Lipinski definition) is 2.